The van der Waals surface area contributed by atoms with E-state index in [0.29, 0.717) is 121 Å². The Morgan fingerprint density at radius 1 is 0.450 bits per heavy atom. The number of rotatable bonds is 17. The quantitative estimate of drug-likeness (QED) is 0.0804. The maximum absolute atomic E-state index is 13.2. The fourth-order valence-electron chi connectivity index (χ4n) is 14.4. The third-order valence-electron chi connectivity index (χ3n) is 20.3. The number of benzene rings is 4. The van der Waals surface area contributed by atoms with Crippen LogP contribution < -0.4 is 5.32 Å². The van der Waals surface area contributed by atoms with Crippen molar-refractivity contribution >= 4 is 63.2 Å². The summed E-state index contributed by atoms with van der Waals surface area (Å²) in [6.07, 6.45) is 4.60. The molecule has 9 aliphatic rings. The molecule has 0 amide bonds. The van der Waals surface area contributed by atoms with E-state index in [2.05, 4.69) is 33.5 Å². The normalized spacial score (nSPS) is 22.4. The molecule has 24 nitrogen and oxygen atoms in total. The average molecular weight is 1470 g/mol. The van der Waals surface area contributed by atoms with Crippen molar-refractivity contribution in [1.82, 2.24) is 37.2 Å². The number of Topliss-reactive ketones (excluding diaryl/α,β-unsaturated/α-hetero) is 4. The first-order valence-electron chi connectivity index (χ1n) is 34.1. The summed E-state index contributed by atoms with van der Waals surface area (Å²) in [6.45, 7) is 22.3. The Hall–Kier alpha value is -5.59. The van der Waals surface area contributed by atoms with Crippen LogP contribution in [0, 0.1) is 5.92 Å². The number of ketones is 4. The van der Waals surface area contributed by atoms with Crippen molar-refractivity contribution in [3.05, 3.63) is 132 Å². The van der Waals surface area contributed by atoms with Crippen LogP contribution in [-0.2, 0) is 59.0 Å². The van der Waals surface area contributed by atoms with Crippen molar-refractivity contribution in [3.63, 3.8) is 0 Å². The lowest BCUT2D eigenvalue weighted by molar-refractivity contribution is -0.0911. The van der Waals surface area contributed by atoms with Crippen LogP contribution in [0.2, 0.25) is 0 Å². The third-order valence-corrected chi connectivity index (χ3v) is 28.2. The van der Waals surface area contributed by atoms with Gasteiger partial charge in [-0.3, -0.25) is 24.1 Å². The first-order valence-corrected chi connectivity index (χ1v) is 39.8. The van der Waals surface area contributed by atoms with E-state index in [0.717, 1.165) is 89.1 Å². The summed E-state index contributed by atoms with van der Waals surface area (Å²) in [5, 5.41) is 3.14. The Kier molecular flexibility index (Phi) is 24.2. The van der Waals surface area contributed by atoms with Gasteiger partial charge in [0, 0.05) is 152 Å². The van der Waals surface area contributed by atoms with Crippen LogP contribution in [0.3, 0.4) is 0 Å². The van der Waals surface area contributed by atoms with E-state index >= 15 is 0 Å². The molecule has 13 rings (SSSR count). The van der Waals surface area contributed by atoms with Gasteiger partial charge in [0.25, 0.3) is 5.78 Å². The van der Waals surface area contributed by atoms with Crippen molar-refractivity contribution in [2.75, 3.05) is 125 Å². The second-order valence-electron chi connectivity index (χ2n) is 26.6. The summed E-state index contributed by atoms with van der Waals surface area (Å²) < 4.78 is 171. The number of piperidine rings is 4. The highest BCUT2D eigenvalue weighted by Crippen LogP contribution is 2.43. The molecule has 31 heteroatoms. The largest absolute Gasteiger partial charge is 0.454 e. The van der Waals surface area contributed by atoms with E-state index in [4.69, 9.17) is 18.9 Å². The molecule has 1 N–H and O–H groups in total. The van der Waals surface area contributed by atoms with Crippen molar-refractivity contribution in [3.8, 4) is 0 Å². The van der Waals surface area contributed by atoms with E-state index in [-0.39, 0.29) is 50.1 Å². The Bertz CT molecular complexity index is 4040. The lowest BCUT2D eigenvalue weighted by Gasteiger charge is -2.43. The molecule has 8 heterocycles. The number of nitrogens with zero attached hydrogens (tertiary/aromatic N) is 7. The maximum Gasteiger partial charge on any atom is 0.454 e. The van der Waals surface area contributed by atoms with Gasteiger partial charge in [-0.05, 0) is 120 Å². The molecule has 4 aromatic rings. The molecule has 4 spiro atoms. The molecule has 100 heavy (non-hydrogen) atoms. The number of nitrogens with one attached hydrogen (secondary N) is 1. The van der Waals surface area contributed by atoms with Gasteiger partial charge >= 0.3 is 6.18 Å². The number of carbonyl (C=O) groups is 4. The van der Waals surface area contributed by atoms with Gasteiger partial charge in [0.1, 0.15) is 22.9 Å². The van der Waals surface area contributed by atoms with Gasteiger partial charge in [0.2, 0.25) is 40.1 Å². The van der Waals surface area contributed by atoms with Crippen LogP contribution in [0.15, 0.2) is 129 Å². The summed E-state index contributed by atoms with van der Waals surface area (Å²) in [5.74, 6) is -1.40. The topological polar surface area (TPSA) is 276 Å². The minimum Gasteiger partial charge on any atom is -0.358 e. The molecule has 8 aliphatic heterocycles. The van der Waals surface area contributed by atoms with Crippen molar-refractivity contribution in [2.45, 2.75) is 141 Å². The average Bonchev–Trinajstić information content (AvgIpc) is 1.32. The van der Waals surface area contributed by atoms with Gasteiger partial charge in [-0.2, -0.15) is 30.4 Å². The van der Waals surface area contributed by atoms with Gasteiger partial charge in [-0.1, -0.05) is 49.4 Å². The zero-order valence-corrected chi connectivity index (χ0v) is 60.3. The number of alkyl halides is 3. The van der Waals surface area contributed by atoms with E-state index in [1.165, 1.54) is 82.9 Å². The summed E-state index contributed by atoms with van der Waals surface area (Å²) in [7, 11) is -14.9. The van der Waals surface area contributed by atoms with Crippen molar-refractivity contribution < 1.29 is 85.0 Å². The Labute approximate surface area is 585 Å². The van der Waals surface area contributed by atoms with Crippen LogP contribution >= 0.6 is 0 Å². The van der Waals surface area contributed by atoms with E-state index in [1.54, 1.807) is 40.7 Å². The maximum atomic E-state index is 13.2. The molecule has 9 fully saturated rings. The first-order chi connectivity index (χ1) is 47.3. The molecule has 0 bridgehead atoms. The standard InChI is InChI=1S/C19H26N2O4S.C18H24N2O4S.C17H24N2O4S.C15H17F3N2O4S/c1-15(22)17-4-6-18(7-5-17)26(23,24)21-12-13-25-19(21)8-10-20(11-9-19)14-16-2-3-16;1-3-10-19-11-8-18(9-12-19)20(13-14-24-18)25(22,23)17-6-4-16(5-7-17)15(2)21;1-3-18-10-8-17(9-11-18)19(12-13-23-17)24(21,22)16-6-4-15(5-7-16)14(2)20;16-15(17,18)13(21)11-1-3-12(4-2-11)25(22,23)20-9-10-24-14(20)5-7-19-8-6-14/h4-7,16H,2-3,8-14H2,1H3;3-7H,1,8-14H2,2H3;4-7H,3,8-13H2,1-2H3;1-4,19H,5-10H2. The van der Waals surface area contributed by atoms with Gasteiger partial charge < -0.3 is 34.1 Å². The third kappa shape index (κ3) is 16.8. The van der Waals surface area contributed by atoms with E-state index < -0.39 is 80.5 Å². The molecule has 0 aromatic heterocycles. The number of halogens is 3. The molecule has 548 valence electrons. The Balaban J connectivity index is 0.000000144. The Morgan fingerprint density at radius 2 is 0.730 bits per heavy atom. The summed E-state index contributed by atoms with van der Waals surface area (Å²) in [5.41, 5.74) is -2.16. The highest BCUT2D eigenvalue weighted by Gasteiger charge is 2.54. The second kappa shape index (κ2) is 31.4. The van der Waals surface area contributed by atoms with Crippen LogP contribution in [0.25, 0.3) is 0 Å². The second-order valence-corrected chi connectivity index (χ2v) is 34.0. The number of ether oxygens (including phenoxy) is 4. The lowest BCUT2D eigenvalue weighted by atomic mass is 10.0. The fourth-order valence-corrected chi connectivity index (χ4v) is 21.3. The fraction of sp³-hybridized carbons (Fsp3) is 0.565. The van der Waals surface area contributed by atoms with Crippen LogP contribution in [0.4, 0.5) is 13.2 Å². The van der Waals surface area contributed by atoms with Gasteiger partial charge in [0.15, 0.2) is 17.3 Å². The molecular weight excluding hydrogens is 1380 g/mol. The Morgan fingerprint density at radius 3 is 1.00 bits per heavy atom. The monoisotopic (exact) mass is 1470 g/mol. The summed E-state index contributed by atoms with van der Waals surface area (Å²) in [4.78, 5) is 52.9. The van der Waals surface area contributed by atoms with Gasteiger partial charge in [-0.15, -0.1) is 6.58 Å². The number of likely N-dealkylation sites (tertiary alicyclic amines) is 3. The van der Waals surface area contributed by atoms with Crippen molar-refractivity contribution in [2.24, 2.45) is 5.92 Å². The minimum absolute atomic E-state index is 0.0713. The predicted molar refractivity (Wildman–Crippen MR) is 364 cm³/mol. The molecule has 8 saturated heterocycles. The molecule has 0 atom stereocenters. The van der Waals surface area contributed by atoms with Gasteiger partial charge in [0.05, 0.1) is 46.0 Å². The lowest BCUT2D eigenvalue weighted by Crippen LogP contribution is -2.55. The smallest absolute Gasteiger partial charge is 0.358 e. The minimum atomic E-state index is -5.00. The molecular formula is C69H91F3N8O16S4. The molecule has 0 radical (unpaired) electrons. The number of carbonyl (C=O) groups excluding carboxylic acids is 4. The molecule has 0 unspecified atom stereocenters. The highest BCUT2D eigenvalue weighted by atomic mass is 32.2. The SMILES string of the molecule is C=CCN1CCC2(CC1)OCCN2S(=O)(=O)c1ccc(C(C)=O)cc1.CC(=O)c1ccc(S(=O)(=O)N2CCOC23CCN(CC2CC2)CC3)cc1.CCN1CCC2(CC1)OCCN2S(=O)(=O)c1ccc(C(C)=O)cc1.O=C(c1ccc(S(=O)(=O)N2CCOC23CCNCC3)cc1)C(F)(F)F. The zero-order chi connectivity index (χ0) is 72.1. The van der Waals surface area contributed by atoms with Crippen molar-refractivity contribution in [1.29, 1.82) is 0 Å². The molecule has 1 aliphatic carbocycles. The predicted octanol–water partition coefficient (Wildman–Crippen LogP) is 7.25. The summed E-state index contributed by atoms with van der Waals surface area (Å²) in [6, 6.07) is 22.3. The number of hydrogen-bond donors (Lipinski definition) is 1. The van der Waals surface area contributed by atoms with Crippen LogP contribution in [-0.4, -0.2) is 242 Å². The number of sulfonamides is 4. The van der Waals surface area contributed by atoms with E-state index in [1.807, 2.05) is 6.08 Å². The van der Waals surface area contributed by atoms with Gasteiger partial charge in [-0.25, -0.2) is 33.7 Å². The van der Waals surface area contributed by atoms with Crippen LogP contribution in [0.5, 0.6) is 0 Å². The number of hydrogen-bond acceptors (Lipinski definition) is 20. The summed E-state index contributed by atoms with van der Waals surface area (Å²) >= 11 is 0. The molecule has 4 aromatic carbocycles. The molecule has 1 saturated carbocycles. The van der Waals surface area contributed by atoms with Crippen LogP contribution in [0.1, 0.15) is 133 Å². The highest BCUT2D eigenvalue weighted by molar-refractivity contribution is 7.90. The zero-order valence-electron chi connectivity index (χ0n) is 57.0. The first kappa shape index (κ1) is 77.0. The van der Waals surface area contributed by atoms with E-state index in [9.17, 15) is 66.0 Å².